The summed E-state index contributed by atoms with van der Waals surface area (Å²) >= 11 is 3.44. The van der Waals surface area contributed by atoms with E-state index in [0.717, 1.165) is 33.9 Å². The second kappa shape index (κ2) is 7.59. The minimum Gasteiger partial charge on any atom is -0.394 e. The quantitative estimate of drug-likeness (QED) is 0.493. The van der Waals surface area contributed by atoms with E-state index >= 15 is 0 Å². The molecule has 24 heavy (non-hydrogen) atoms. The van der Waals surface area contributed by atoms with Gasteiger partial charge in [-0.2, -0.15) is 10.1 Å². The molecule has 0 spiro atoms. The standard InChI is InChI=1S/C16H19BrN6O/c1-2-3-12(9-24)20-15-13(17)8-18-16(22-15)21-11-4-5-14-10(6-11)7-19-23-14/h4-8,12,24H,2-3,9H2,1H3,(H,19,23)(H2,18,20,21,22). The molecule has 8 heteroatoms. The number of halogens is 1. The molecule has 0 saturated carbocycles. The largest absolute Gasteiger partial charge is 0.394 e. The molecule has 0 fully saturated rings. The minimum absolute atomic E-state index is 0.0312. The van der Waals surface area contributed by atoms with Gasteiger partial charge in [-0.15, -0.1) is 0 Å². The van der Waals surface area contributed by atoms with Crippen LogP contribution in [0.3, 0.4) is 0 Å². The highest BCUT2D eigenvalue weighted by Crippen LogP contribution is 2.24. The molecule has 0 radical (unpaired) electrons. The Hall–Kier alpha value is -2.19. The third-order valence-electron chi connectivity index (χ3n) is 3.64. The van der Waals surface area contributed by atoms with Gasteiger partial charge in [-0.3, -0.25) is 5.10 Å². The molecule has 2 heterocycles. The van der Waals surface area contributed by atoms with Crippen molar-refractivity contribution in [1.29, 1.82) is 0 Å². The molecule has 0 aliphatic carbocycles. The molecule has 7 nitrogen and oxygen atoms in total. The fourth-order valence-corrected chi connectivity index (χ4v) is 2.73. The third-order valence-corrected chi connectivity index (χ3v) is 4.22. The van der Waals surface area contributed by atoms with Crippen LogP contribution < -0.4 is 10.6 Å². The van der Waals surface area contributed by atoms with Crippen LogP contribution in [0.5, 0.6) is 0 Å². The highest BCUT2D eigenvalue weighted by molar-refractivity contribution is 9.10. The Bertz CT molecular complexity index is 821. The van der Waals surface area contributed by atoms with Gasteiger partial charge < -0.3 is 15.7 Å². The van der Waals surface area contributed by atoms with E-state index in [-0.39, 0.29) is 12.6 Å². The Balaban J connectivity index is 1.79. The van der Waals surface area contributed by atoms with E-state index < -0.39 is 0 Å². The van der Waals surface area contributed by atoms with Crippen molar-refractivity contribution in [1.82, 2.24) is 20.2 Å². The first-order chi connectivity index (χ1) is 11.7. The topological polar surface area (TPSA) is 98.8 Å². The summed E-state index contributed by atoms with van der Waals surface area (Å²) in [6.45, 7) is 2.14. The van der Waals surface area contributed by atoms with E-state index in [0.29, 0.717) is 11.8 Å². The average Bonchev–Trinajstić information content (AvgIpc) is 3.05. The number of hydrogen-bond acceptors (Lipinski definition) is 6. The fourth-order valence-electron chi connectivity index (χ4n) is 2.43. The van der Waals surface area contributed by atoms with Gasteiger partial charge in [0.1, 0.15) is 5.82 Å². The number of H-pyrrole nitrogens is 1. The third kappa shape index (κ3) is 3.82. The number of aromatic nitrogens is 4. The molecule has 2 aromatic heterocycles. The molecule has 126 valence electrons. The summed E-state index contributed by atoms with van der Waals surface area (Å²) < 4.78 is 0.757. The van der Waals surface area contributed by atoms with Crippen molar-refractivity contribution in [2.75, 3.05) is 17.2 Å². The van der Waals surface area contributed by atoms with Crippen LogP contribution in [0.25, 0.3) is 10.9 Å². The Morgan fingerprint density at radius 3 is 3.00 bits per heavy atom. The molecule has 3 aromatic rings. The maximum absolute atomic E-state index is 9.45. The van der Waals surface area contributed by atoms with E-state index in [1.165, 1.54) is 0 Å². The molecular formula is C16H19BrN6O. The number of anilines is 3. The molecule has 1 aromatic carbocycles. The summed E-state index contributed by atoms with van der Waals surface area (Å²) in [6, 6.07) is 5.83. The lowest BCUT2D eigenvalue weighted by molar-refractivity contribution is 0.268. The van der Waals surface area contributed by atoms with Crippen molar-refractivity contribution in [2.45, 2.75) is 25.8 Å². The van der Waals surface area contributed by atoms with Crippen molar-refractivity contribution in [3.8, 4) is 0 Å². The summed E-state index contributed by atoms with van der Waals surface area (Å²) in [5, 5.41) is 23.8. The molecule has 4 N–H and O–H groups in total. The Kier molecular flexibility index (Phi) is 5.27. The second-order valence-corrected chi connectivity index (χ2v) is 6.35. The number of nitrogens with one attached hydrogen (secondary N) is 3. The average molecular weight is 391 g/mol. The van der Waals surface area contributed by atoms with E-state index in [1.807, 2.05) is 18.2 Å². The molecule has 0 saturated heterocycles. The van der Waals surface area contributed by atoms with Gasteiger partial charge in [0.05, 0.1) is 28.8 Å². The van der Waals surface area contributed by atoms with Gasteiger partial charge >= 0.3 is 0 Å². The molecule has 1 atom stereocenters. The van der Waals surface area contributed by atoms with E-state index in [4.69, 9.17) is 0 Å². The SMILES string of the molecule is CCCC(CO)Nc1nc(Nc2ccc3[nH]ncc3c2)ncc1Br. The fraction of sp³-hybridized carbons (Fsp3) is 0.312. The summed E-state index contributed by atoms with van der Waals surface area (Å²) in [5.74, 6) is 1.14. The van der Waals surface area contributed by atoms with Crippen molar-refractivity contribution >= 4 is 44.3 Å². The van der Waals surface area contributed by atoms with Crippen LogP contribution in [0.4, 0.5) is 17.5 Å². The van der Waals surface area contributed by atoms with Gasteiger partial charge in [-0.05, 0) is 40.5 Å². The predicted molar refractivity (Wildman–Crippen MR) is 98.5 cm³/mol. The van der Waals surface area contributed by atoms with Gasteiger partial charge in [0, 0.05) is 17.3 Å². The first kappa shape index (κ1) is 16.7. The number of aliphatic hydroxyl groups excluding tert-OH is 1. The monoisotopic (exact) mass is 390 g/mol. The Morgan fingerprint density at radius 1 is 1.33 bits per heavy atom. The number of fused-ring (bicyclic) bond motifs is 1. The van der Waals surface area contributed by atoms with Crippen LogP contribution >= 0.6 is 15.9 Å². The number of nitrogens with zero attached hydrogens (tertiary/aromatic N) is 3. The lowest BCUT2D eigenvalue weighted by Crippen LogP contribution is -2.24. The van der Waals surface area contributed by atoms with Crippen LogP contribution in [0.15, 0.2) is 35.1 Å². The molecule has 0 aliphatic rings. The highest BCUT2D eigenvalue weighted by Gasteiger charge is 2.11. The van der Waals surface area contributed by atoms with Crippen LogP contribution in [-0.2, 0) is 0 Å². The van der Waals surface area contributed by atoms with Crippen molar-refractivity contribution < 1.29 is 5.11 Å². The number of rotatable bonds is 7. The van der Waals surface area contributed by atoms with Crippen LogP contribution in [-0.4, -0.2) is 37.9 Å². The number of hydrogen-bond donors (Lipinski definition) is 4. The zero-order valence-electron chi connectivity index (χ0n) is 13.3. The maximum Gasteiger partial charge on any atom is 0.229 e. The zero-order valence-corrected chi connectivity index (χ0v) is 14.8. The summed E-state index contributed by atoms with van der Waals surface area (Å²) in [5.41, 5.74) is 1.86. The Labute approximate surface area is 148 Å². The van der Waals surface area contributed by atoms with Crippen molar-refractivity contribution in [2.24, 2.45) is 0 Å². The molecule has 3 rings (SSSR count). The maximum atomic E-state index is 9.45. The van der Waals surface area contributed by atoms with Gasteiger partial charge in [0.15, 0.2) is 0 Å². The first-order valence-corrected chi connectivity index (χ1v) is 8.59. The first-order valence-electron chi connectivity index (χ1n) is 7.79. The zero-order chi connectivity index (χ0) is 16.9. The van der Waals surface area contributed by atoms with Gasteiger partial charge in [-0.1, -0.05) is 13.3 Å². The van der Waals surface area contributed by atoms with Crippen molar-refractivity contribution in [3.63, 3.8) is 0 Å². The Morgan fingerprint density at radius 2 is 2.21 bits per heavy atom. The lowest BCUT2D eigenvalue weighted by Gasteiger charge is -2.17. The van der Waals surface area contributed by atoms with Crippen LogP contribution in [0, 0.1) is 0 Å². The summed E-state index contributed by atoms with van der Waals surface area (Å²) in [4.78, 5) is 8.78. The lowest BCUT2D eigenvalue weighted by atomic mass is 10.2. The summed E-state index contributed by atoms with van der Waals surface area (Å²) in [6.07, 6.45) is 5.31. The molecule has 0 aliphatic heterocycles. The van der Waals surface area contributed by atoms with Crippen LogP contribution in [0.1, 0.15) is 19.8 Å². The molecule has 0 bridgehead atoms. The predicted octanol–water partition coefficient (Wildman–Crippen LogP) is 3.43. The molecule has 0 amide bonds. The minimum atomic E-state index is -0.0312. The van der Waals surface area contributed by atoms with E-state index in [2.05, 4.69) is 53.7 Å². The van der Waals surface area contributed by atoms with Gasteiger partial charge in [0.25, 0.3) is 0 Å². The number of aliphatic hydroxyl groups is 1. The molecular weight excluding hydrogens is 372 g/mol. The van der Waals surface area contributed by atoms with Crippen molar-refractivity contribution in [3.05, 3.63) is 35.1 Å². The number of aromatic amines is 1. The van der Waals surface area contributed by atoms with Crippen LogP contribution in [0.2, 0.25) is 0 Å². The smallest absolute Gasteiger partial charge is 0.229 e. The normalized spacial score (nSPS) is 12.3. The highest BCUT2D eigenvalue weighted by atomic mass is 79.9. The van der Waals surface area contributed by atoms with E-state index in [1.54, 1.807) is 12.4 Å². The second-order valence-electron chi connectivity index (χ2n) is 5.50. The summed E-state index contributed by atoms with van der Waals surface area (Å²) in [7, 11) is 0. The van der Waals surface area contributed by atoms with E-state index in [9.17, 15) is 5.11 Å². The van der Waals surface area contributed by atoms with Gasteiger partial charge in [-0.25, -0.2) is 4.98 Å². The molecule has 1 unspecified atom stereocenters. The van der Waals surface area contributed by atoms with Gasteiger partial charge in [0.2, 0.25) is 5.95 Å². The number of benzene rings is 1.